The number of benzene rings is 1. The second-order valence-corrected chi connectivity index (χ2v) is 5.56. The fourth-order valence-corrected chi connectivity index (χ4v) is 1.58. The van der Waals surface area contributed by atoms with Crippen molar-refractivity contribution in [1.82, 2.24) is 0 Å². The Hall–Kier alpha value is -0.0900. The maximum Gasteiger partial charge on any atom is 0.0682 e. The summed E-state index contributed by atoms with van der Waals surface area (Å²) in [5.41, 5.74) is 0.594. The Morgan fingerprint density at radius 2 is 1.79 bits per heavy atom. The maximum absolute atomic E-state index is 10.1. The van der Waals surface area contributed by atoms with Crippen LogP contribution in [0, 0.1) is 9.49 Å². The summed E-state index contributed by atoms with van der Waals surface area (Å²) in [6.45, 7) is 6.00. The van der Waals surface area contributed by atoms with E-state index >= 15 is 0 Å². The Morgan fingerprint density at radius 3 is 2.21 bits per heavy atom. The van der Waals surface area contributed by atoms with Gasteiger partial charge in [0.2, 0.25) is 0 Å². The molecule has 0 spiro atoms. The van der Waals surface area contributed by atoms with E-state index in [0.717, 1.165) is 6.42 Å². The van der Waals surface area contributed by atoms with Crippen LogP contribution < -0.4 is 0 Å². The highest BCUT2D eigenvalue weighted by atomic mass is 127. The summed E-state index contributed by atoms with van der Waals surface area (Å²) >= 11 is 2.28. The zero-order valence-corrected chi connectivity index (χ0v) is 11.1. The Labute approximate surface area is 99.7 Å². The molecule has 1 aromatic rings. The maximum atomic E-state index is 10.1. The van der Waals surface area contributed by atoms with Gasteiger partial charge in [-0.05, 0) is 53.1 Å². The highest BCUT2D eigenvalue weighted by Crippen LogP contribution is 2.21. The van der Waals surface area contributed by atoms with Crippen LogP contribution in [-0.2, 0) is 6.42 Å². The lowest BCUT2D eigenvalue weighted by Crippen LogP contribution is -2.33. The van der Waals surface area contributed by atoms with Crippen molar-refractivity contribution in [1.29, 1.82) is 0 Å². The lowest BCUT2D eigenvalue weighted by molar-refractivity contribution is 0.0139. The van der Waals surface area contributed by atoms with E-state index in [9.17, 15) is 5.11 Å². The monoisotopic (exact) mass is 304 g/mol. The quantitative estimate of drug-likeness (QED) is 0.850. The zero-order chi connectivity index (χ0) is 10.8. The normalized spacial score (nSPS) is 15.6. The van der Waals surface area contributed by atoms with E-state index in [2.05, 4.69) is 46.9 Å². The molecule has 1 unspecified atom stereocenters. The van der Waals surface area contributed by atoms with E-state index in [1.165, 1.54) is 9.13 Å². The molecule has 1 aromatic carbocycles. The minimum absolute atomic E-state index is 0.279. The SMILES string of the molecule is CC(C)C(C)(O)Cc1ccc(I)cc1. The topological polar surface area (TPSA) is 20.2 Å². The van der Waals surface area contributed by atoms with Crippen molar-refractivity contribution < 1.29 is 5.11 Å². The molecule has 0 saturated heterocycles. The number of hydrogen-bond acceptors (Lipinski definition) is 1. The first-order valence-corrected chi connectivity index (χ1v) is 5.96. The molecule has 1 N–H and O–H groups in total. The molecule has 0 aromatic heterocycles. The summed E-state index contributed by atoms with van der Waals surface area (Å²) < 4.78 is 1.23. The first-order chi connectivity index (χ1) is 6.42. The van der Waals surface area contributed by atoms with Gasteiger partial charge in [-0.3, -0.25) is 0 Å². The van der Waals surface area contributed by atoms with Crippen LogP contribution in [0.25, 0.3) is 0 Å². The van der Waals surface area contributed by atoms with Crippen LogP contribution in [0.5, 0.6) is 0 Å². The van der Waals surface area contributed by atoms with Crippen LogP contribution in [0.2, 0.25) is 0 Å². The zero-order valence-electron chi connectivity index (χ0n) is 8.92. The van der Waals surface area contributed by atoms with Gasteiger partial charge in [0.05, 0.1) is 5.60 Å². The number of rotatable bonds is 3. The fraction of sp³-hybridized carbons (Fsp3) is 0.500. The van der Waals surface area contributed by atoms with E-state index in [1.54, 1.807) is 0 Å². The fourth-order valence-electron chi connectivity index (χ4n) is 1.22. The van der Waals surface area contributed by atoms with Gasteiger partial charge in [0.15, 0.2) is 0 Å². The molecule has 2 heteroatoms. The van der Waals surface area contributed by atoms with Gasteiger partial charge in [-0.15, -0.1) is 0 Å². The van der Waals surface area contributed by atoms with Crippen LogP contribution in [0.15, 0.2) is 24.3 Å². The predicted molar refractivity (Wildman–Crippen MR) is 68.3 cm³/mol. The van der Waals surface area contributed by atoms with Crippen molar-refractivity contribution in [2.24, 2.45) is 5.92 Å². The van der Waals surface area contributed by atoms with Gasteiger partial charge in [-0.1, -0.05) is 26.0 Å². The molecular formula is C12H17IO. The van der Waals surface area contributed by atoms with E-state index in [1.807, 2.05) is 20.8 Å². The first-order valence-electron chi connectivity index (χ1n) is 4.88. The molecule has 0 aliphatic heterocycles. The molecule has 0 saturated carbocycles. The summed E-state index contributed by atoms with van der Waals surface area (Å²) in [4.78, 5) is 0. The average molecular weight is 304 g/mol. The summed E-state index contributed by atoms with van der Waals surface area (Å²) in [6, 6.07) is 8.32. The van der Waals surface area contributed by atoms with Crippen LogP contribution in [0.3, 0.4) is 0 Å². The molecule has 0 heterocycles. The summed E-state index contributed by atoms with van der Waals surface area (Å²) in [7, 11) is 0. The first kappa shape index (κ1) is 12.0. The van der Waals surface area contributed by atoms with Crippen LogP contribution >= 0.6 is 22.6 Å². The van der Waals surface area contributed by atoms with Gasteiger partial charge < -0.3 is 5.11 Å². The van der Waals surface area contributed by atoms with Gasteiger partial charge in [0.25, 0.3) is 0 Å². The number of halogens is 1. The van der Waals surface area contributed by atoms with Crippen molar-refractivity contribution in [3.63, 3.8) is 0 Å². The molecule has 0 amide bonds. The third kappa shape index (κ3) is 3.24. The predicted octanol–water partition coefficient (Wildman–Crippen LogP) is 3.24. The average Bonchev–Trinajstić information content (AvgIpc) is 2.08. The summed E-state index contributed by atoms with van der Waals surface area (Å²) in [5, 5.41) is 10.1. The Morgan fingerprint density at radius 1 is 1.29 bits per heavy atom. The molecule has 1 rings (SSSR count). The second kappa shape index (κ2) is 4.62. The van der Waals surface area contributed by atoms with Crippen molar-refractivity contribution in [3.05, 3.63) is 33.4 Å². The summed E-state index contributed by atoms with van der Waals surface area (Å²) in [6.07, 6.45) is 0.724. The smallest absolute Gasteiger partial charge is 0.0682 e. The van der Waals surface area contributed by atoms with Crippen molar-refractivity contribution in [2.45, 2.75) is 32.8 Å². The van der Waals surface area contributed by atoms with E-state index in [0.29, 0.717) is 0 Å². The molecule has 14 heavy (non-hydrogen) atoms. The number of hydrogen-bond donors (Lipinski definition) is 1. The molecule has 0 aliphatic rings. The van der Waals surface area contributed by atoms with Gasteiger partial charge in [-0.2, -0.15) is 0 Å². The highest BCUT2D eigenvalue weighted by molar-refractivity contribution is 14.1. The number of aliphatic hydroxyl groups is 1. The van der Waals surface area contributed by atoms with Crippen LogP contribution in [0.4, 0.5) is 0 Å². The van der Waals surface area contributed by atoms with Gasteiger partial charge in [0.1, 0.15) is 0 Å². The Bertz CT molecular complexity index is 288. The van der Waals surface area contributed by atoms with Gasteiger partial charge in [-0.25, -0.2) is 0 Å². The molecule has 1 nitrogen and oxygen atoms in total. The lowest BCUT2D eigenvalue weighted by Gasteiger charge is -2.27. The third-order valence-corrected chi connectivity index (χ3v) is 3.44. The molecule has 1 atom stereocenters. The Balaban J connectivity index is 2.74. The second-order valence-electron chi connectivity index (χ2n) is 4.32. The minimum Gasteiger partial charge on any atom is -0.390 e. The van der Waals surface area contributed by atoms with E-state index < -0.39 is 5.60 Å². The van der Waals surface area contributed by atoms with Crippen molar-refractivity contribution in [3.8, 4) is 0 Å². The highest BCUT2D eigenvalue weighted by Gasteiger charge is 2.24. The molecule has 78 valence electrons. The van der Waals surface area contributed by atoms with E-state index in [-0.39, 0.29) is 5.92 Å². The standard InChI is InChI=1S/C12H17IO/c1-9(2)12(3,14)8-10-4-6-11(13)7-5-10/h4-7,9,14H,8H2,1-3H3. The van der Waals surface area contributed by atoms with Crippen molar-refractivity contribution >= 4 is 22.6 Å². The van der Waals surface area contributed by atoms with E-state index in [4.69, 9.17) is 0 Å². The van der Waals surface area contributed by atoms with Gasteiger partial charge >= 0.3 is 0 Å². The minimum atomic E-state index is -0.604. The van der Waals surface area contributed by atoms with Gasteiger partial charge in [0, 0.05) is 9.99 Å². The third-order valence-electron chi connectivity index (χ3n) is 2.72. The lowest BCUT2D eigenvalue weighted by atomic mass is 9.86. The molecule has 0 bridgehead atoms. The van der Waals surface area contributed by atoms with Crippen molar-refractivity contribution in [2.75, 3.05) is 0 Å². The largest absolute Gasteiger partial charge is 0.390 e. The Kier molecular flexibility index (Phi) is 3.95. The molecular weight excluding hydrogens is 287 g/mol. The molecule has 0 fully saturated rings. The molecule has 0 radical (unpaired) electrons. The van der Waals surface area contributed by atoms with Crippen LogP contribution in [-0.4, -0.2) is 10.7 Å². The molecule has 0 aliphatic carbocycles. The van der Waals surface area contributed by atoms with Crippen LogP contribution in [0.1, 0.15) is 26.3 Å². The summed E-state index contributed by atoms with van der Waals surface area (Å²) in [5.74, 6) is 0.279.